The van der Waals surface area contributed by atoms with Gasteiger partial charge >= 0.3 is 0 Å². The number of carbonyl (C=O) groups is 1. The van der Waals surface area contributed by atoms with Crippen LogP contribution in [-0.4, -0.2) is 17.4 Å². The predicted molar refractivity (Wildman–Crippen MR) is 99.3 cm³/mol. The summed E-state index contributed by atoms with van der Waals surface area (Å²) < 4.78 is 0. The maximum atomic E-state index is 12.1. The van der Waals surface area contributed by atoms with E-state index < -0.39 is 0 Å². The highest BCUT2D eigenvalue weighted by Gasteiger charge is 2.20. The van der Waals surface area contributed by atoms with Gasteiger partial charge in [0.05, 0.1) is 6.04 Å². The fourth-order valence-corrected chi connectivity index (χ4v) is 2.33. The van der Waals surface area contributed by atoms with Crippen LogP contribution in [0.1, 0.15) is 43.6 Å². The van der Waals surface area contributed by atoms with Gasteiger partial charge in [0, 0.05) is 16.1 Å². The molecule has 1 unspecified atom stereocenters. The van der Waals surface area contributed by atoms with E-state index >= 15 is 0 Å². The van der Waals surface area contributed by atoms with Gasteiger partial charge in [0.15, 0.2) is 5.78 Å². The standard InChI is InChI=1S/C13H18ClNO.C7H8/c1-9(15-13(2,3)4)12(16)10-6-5-7-11(14)8-10;1-7-5-3-2-4-6-7/h5-9,15H,1-4H3;2-6H,1H3. The molecule has 0 amide bonds. The van der Waals surface area contributed by atoms with Crippen LogP contribution in [-0.2, 0) is 0 Å². The van der Waals surface area contributed by atoms with Gasteiger partial charge in [-0.15, -0.1) is 0 Å². The molecular weight excluding hydrogens is 306 g/mol. The van der Waals surface area contributed by atoms with Crippen molar-refractivity contribution >= 4 is 17.4 Å². The second-order valence-electron chi connectivity index (χ2n) is 6.65. The Morgan fingerprint density at radius 3 is 2.09 bits per heavy atom. The van der Waals surface area contributed by atoms with E-state index in [0.717, 1.165) is 0 Å². The summed E-state index contributed by atoms with van der Waals surface area (Å²) in [6, 6.07) is 17.1. The van der Waals surface area contributed by atoms with E-state index in [9.17, 15) is 4.79 Å². The van der Waals surface area contributed by atoms with Gasteiger partial charge in [-0.2, -0.15) is 0 Å². The lowest BCUT2D eigenvalue weighted by molar-refractivity contribution is 0.0936. The van der Waals surface area contributed by atoms with Crippen molar-refractivity contribution in [2.75, 3.05) is 0 Å². The van der Waals surface area contributed by atoms with Crippen molar-refractivity contribution in [3.63, 3.8) is 0 Å². The van der Waals surface area contributed by atoms with Gasteiger partial charge in [-0.05, 0) is 46.8 Å². The molecule has 3 heteroatoms. The molecule has 0 spiro atoms. The fourth-order valence-electron chi connectivity index (χ4n) is 2.14. The SMILES string of the molecule is CC(NC(C)(C)C)C(=O)c1cccc(Cl)c1.Cc1ccccc1. The predicted octanol–water partition coefficient (Wildman–Crippen LogP) is 5.29. The minimum absolute atomic E-state index is 0.0671. The third kappa shape index (κ3) is 7.96. The molecule has 124 valence electrons. The Labute approximate surface area is 144 Å². The Bertz CT molecular complexity index is 617. The summed E-state index contributed by atoms with van der Waals surface area (Å²) >= 11 is 5.85. The van der Waals surface area contributed by atoms with Crippen molar-refractivity contribution in [1.29, 1.82) is 0 Å². The second-order valence-corrected chi connectivity index (χ2v) is 7.08. The first-order valence-corrected chi connectivity index (χ1v) is 8.16. The zero-order valence-electron chi connectivity index (χ0n) is 14.6. The first-order chi connectivity index (χ1) is 10.7. The summed E-state index contributed by atoms with van der Waals surface area (Å²) in [6.07, 6.45) is 0. The van der Waals surface area contributed by atoms with E-state index in [1.165, 1.54) is 5.56 Å². The molecule has 1 atom stereocenters. The van der Waals surface area contributed by atoms with Crippen LogP contribution in [0.5, 0.6) is 0 Å². The number of hydrogen-bond acceptors (Lipinski definition) is 2. The lowest BCUT2D eigenvalue weighted by Gasteiger charge is -2.25. The van der Waals surface area contributed by atoms with Crippen molar-refractivity contribution in [2.45, 2.75) is 46.2 Å². The van der Waals surface area contributed by atoms with E-state index in [1.807, 2.05) is 45.9 Å². The second kappa shape index (κ2) is 8.85. The normalized spacial score (nSPS) is 12.1. The highest BCUT2D eigenvalue weighted by Crippen LogP contribution is 2.13. The molecule has 0 heterocycles. The van der Waals surface area contributed by atoms with Crippen molar-refractivity contribution in [3.05, 3.63) is 70.7 Å². The summed E-state index contributed by atoms with van der Waals surface area (Å²) in [6.45, 7) is 10.1. The summed E-state index contributed by atoms with van der Waals surface area (Å²) in [7, 11) is 0. The molecule has 1 N–H and O–H groups in total. The number of ketones is 1. The van der Waals surface area contributed by atoms with E-state index in [1.54, 1.807) is 24.3 Å². The van der Waals surface area contributed by atoms with Crippen LogP contribution in [0.4, 0.5) is 0 Å². The lowest BCUT2D eigenvalue weighted by Crippen LogP contribution is -2.46. The van der Waals surface area contributed by atoms with E-state index in [0.29, 0.717) is 10.6 Å². The van der Waals surface area contributed by atoms with Gasteiger partial charge in [-0.3, -0.25) is 4.79 Å². The number of rotatable bonds is 3. The monoisotopic (exact) mass is 331 g/mol. The summed E-state index contributed by atoms with van der Waals surface area (Å²) in [4.78, 5) is 12.1. The van der Waals surface area contributed by atoms with Crippen LogP contribution in [0.15, 0.2) is 54.6 Å². The number of Topliss-reactive ketones (excluding diaryl/α,β-unsaturated/α-hetero) is 1. The van der Waals surface area contributed by atoms with Gasteiger partial charge in [0.1, 0.15) is 0 Å². The van der Waals surface area contributed by atoms with E-state index in [-0.39, 0.29) is 17.4 Å². The lowest BCUT2D eigenvalue weighted by atomic mass is 10.0. The number of hydrogen-bond donors (Lipinski definition) is 1. The third-order valence-electron chi connectivity index (χ3n) is 3.09. The quantitative estimate of drug-likeness (QED) is 0.774. The van der Waals surface area contributed by atoms with Crippen LogP contribution in [0.2, 0.25) is 5.02 Å². The topological polar surface area (TPSA) is 29.1 Å². The average Bonchev–Trinajstić information content (AvgIpc) is 2.46. The highest BCUT2D eigenvalue weighted by molar-refractivity contribution is 6.31. The molecule has 0 bridgehead atoms. The Morgan fingerprint density at radius 1 is 1.04 bits per heavy atom. The molecule has 2 nitrogen and oxygen atoms in total. The molecule has 0 saturated carbocycles. The Morgan fingerprint density at radius 2 is 1.65 bits per heavy atom. The summed E-state index contributed by atoms with van der Waals surface area (Å²) in [5.41, 5.74) is 1.90. The molecule has 0 aromatic heterocycles. The third-order valence-corrected chi connectivity index (χ3v) is 3.33. The smallest absolute Gasteiger partial charge is 0.179 e. The number of halogens is 1. The molecule has 2 aromatic rings. The fraction of sp³-hybridized carbons (Fsp3) is 0.350. The number of nitrogens with one attached hydrogen (secondary N) is 1. The van der Waals surface area contributed by atoms with E-state index in [4.69, 9.17) is 11.6 Å². The molecule has 2 rings (SSSR count). The summed E-state index contributed by atoms with van der Waals surface area (Å²) in [5, 5.41) is 3.84. The first-order valence-electron chi connectivity index (χ1n) is 7.78. The van der Waals surface area contributed by atoms with Crippen molar-refractivity contribution in [3.8, 4) is 0 Å². The Kier molecular flexibility index (Phi) is 7.47. The highest BCUT2D eigenvalue weighted by atomic mass is 35.5. The molecule has 2 aromatic carbocycles. The molecule has 0 aliphatic carbocycles. The summed E-state index contributed by atoms with van der Waals surface area (Å²) in [5.74, 6) is 0.0671. The van der Waals surface area contributed by atoms with E-state index in [2.05, 4.69) is 24.4 Å². The number of carbonyl (C=O) groups excluding carboxylic acids is 1. The number of benzene rings is 2. The van der Waals surface area contributed by atoms with Gasteiger partial charge in [0.25, 0.3) is 0 Å². The maximum Gasteiger partial charge on any atom is 0.179 e. The van der Waals surface area contributed by atoms with Crippen LogP contribution < -0.4 is 5.32 Å². The van der Waals surface area contributed by atoms with Crippen molar-refractivity contribution in [2.24, 2.45) is 0 Å². The van der Waals surface area contributed by atoms with Crippen molar-refractivity contribution < 1.29 is 4.79 Å². The zero-order chi connectivity index (χ0) is 17.5. The largest absolute Gasteiger partial charge is 0.303 e. The zero-order valence-corrected chi connectivity index (χ0v) is 15.3. The van der Waals surface area contributed by atoms with Crippen LogP contribution >= 0.6 is 11.6 Å². The molecule has 0 fully saturated rings. The van der Waals surface area contributed by atoms with Crippen LogP contribution in [0, 0.1) is 6.92 Å². The molecule has 0 aliphatic rings. The molecule has 23 heavy (non-hydrogen) atoms. The molecular formula is C20H26ClNO. The molecule has 0 saturated heterocycles. The minimum atomic E-state index is -0.210. The van der Waals surface area contributed by atoms with Gasteiger partial charge < -0.3 is 5.32 Å². The van der Waals surface area contributed by atoms with Crippen LogP contribution in [0.25, 0.3) is 0 Å². The molecule has 0 radical (unpaired) electrons. The molecule has 0 aliphatic heterocycles. The first kappa shape index (κ1) is 19.4. The minimum Gasteiger partial charge on any atom is -0.303 e. The Balaban J connectivity index is 0.000000313. The number of aryl methyl sites for hydroxylation is 1. The van der Waals surface area contributed by atoms with Crippen LogP contribution in [0.3, 0.4) is 0 Å². The maximum absolute atomic E-state index is 12.1. The van der Waals surface area contributed by atoms with Gasteiger partial charge in [0.2, 0.25) is 0 Å². The van der Waals surface area contributed by atoms with Gasteiger partial charge in [-0.25, -0.2) is 0 Å². The average molecular weight is 332 g/mol. The van der Waals surface area contributed by atoms with Crippen molar-refractivity contribution in [1.82, 2.24) is 5.32 Å². The van der Waals surface area contributed by atoms with Gasteiger partial charge in [-0.1, -0.05) is 59.6 Å². The Hall–Kier alpha value is -1.64.